The molecular formula is C16H21NO2. The lowest BCUT2D eigenvalue weighted by atomic mass is 9.89. The molecule has 0 spiro atoms. The molecule has 1 aliphatic carbocycles. The summed E-state index contributed by atoms with van der Waals surface area (Å²) in [4.78, 5) is 12.2. The van der Waals surface area contributed by atoms with E-state index in [-0.39, 0.29) is 12.1 Å². The number of esters is 1. The summed E-state index contributed by atoms with van der Waals surface area (Å²) in [6.07, 6.45) is 4.49. The Morgan fingerprint density at radius 2 is 1.89 bits per heavy atom. The Bertz CT molecular complexity index is 476. The van der Waals surface area contributed by atoms with E-state index in [9.17, 15) is 4.79 Å². The van der Waals surface area contributed by atoms with Crippen molar-refractivity contribution in [2.24, 2.45) is 5.92 Å². The van der Waals surface area contributed by atoms with Crippen molar-refractivity contribution in [1.82, 2.24) is 5.32 Å². The molecule has 0 bridgehead atoms. The highest BCUT2D eigenvalue weighted by molar-refractivity contribution is 5.89. The lowest BCUT2D eigenvalue weighted by Crippen LogP contribution is -2.23. The Hall–Kier alpha value is -1.35. The van der Waals surface area contributed by atoms with E-state index in [0.717, 1.165) is 31.8 Å². The topological polar surface area (TPSA) is 38.3 Å². The van der Waals surface area contributed by atoms with Gasteiger partial charge in [0, 0.05) is 13.1 Å². The van der Waals surface area contributed by atoms with Crippen molar-refractivity contribution >= 4 is 5.97 Å². The zero-order chi connectivity index (χ0) is 13.2. The molecule has 3 nitrogen and oxygen atoms in total. The molecule has 3 rings (SSSR count). The Kier molecular flexibility index (Phi) is 3.56. The van der Waals surface area contributed by atoms with E-state index in [2.05, 4.69) is 12.2 Å². The third-order valence-electron chi connectivity index (χ3n) is 4.31. The number of fused-ring (bicyclic) bond motifs is 1. The van der Waals surface area contributed by atoms with Gasteiger partial charge in [0.2, 0.25) is 0 Å². The zero-order valence-electron chi connectivity index (χ0n) is 11.4. The minimum absolute atomic E-state index is 0.120. The van der Waals surface area contributed by atoms with E-state index >= 15 is 0 Å². The number of nitrogens with one attached hydrogen (secondary N) is 1. The van der Waals surface area contributed by atoms with Gasteiger partial charge in [-0.15, -0.1) is 0 Å². The second-order valence-corrected chi connectivity index (χ2v) is 5.87. The zero-order valence-corrected chi connectivity index (χ0v) is 11.4. The number of carbonyl (C=O) groups is 1. The lowest BCUT2D eigenvalue weighted by Gasteiger charge is -2.26. The average Bonchev–Trinajstić information content (AvgIpc) is 2.88. The minimum atomic E-state index is -0.158. The summed E-state index contributed by atoms with van der Waals surface area (Å²) in [6.45, 7) is 4.04. The second kappa shape index (κ2) is 5.33. The third kappa shape index (κ3) is 2.81. The van der Waals surface area contributed by atoms with Crippen LogP contribution in [0.5, 0.6) is 0 Å². The molecule has 1 aromatic carbocycles. The molecule has 19 heavy (non-hydrogen) atoms. The molecule has 0 amide bonds. The molecule has 0 saturated heterocycles. The number of ether oxygens (including phenoxy) is 1. The van der Waals surface area contributed by atoms with Crippen molar-refractivity contribution < 1.29 is 9.53 Å². The summed E-state index contributed by atoms with van der Waals surface area (Å²) in [5.41, 5.74) is 3.22. The van der Waals surface area contributed by atoms with Gasteiger partial charge < -0.3 is 10.1 Å². The fourth-order valence-corrected chi connectivity index (χ4v) is 2.99. The Morgan fingerprint density at radius 1 is 1.16 bits per heavy atom. The lowest BCUT2D eigenvalue weighted by molar-refractivity contribution is 0.0173. The van der Waals surface area contributed by atoms with Gasteiger partial charge >= 0.3 is 5.97 Å². The standard InChI is InChI=1S/C16H21NO2/c1-11-2-6-15(7-3-11)19-16(18)12-4-5-13-9-17-10-14(13)8-12/h4-5,8,11,15,17H,2-3,6-7,9-10H2,1H3. The molecule has 1 fully saturated rings. The van der Waals surface area contributed by atoms with Gasteiger partial charge in [0.1, 0.15) is 6.10 Å². The number of hydrogen-bond donors (Lipinski definition) is 1. The second-order valence-electron chi connectivity index (χ2n) is 5.87. The van der Waals surface area contributed by atoms with Gasteiger partial charge in [-0.25, -0.2) is 4.79 Å². The van der Waals surface area contributed by atoms with Crippen LogP contribution in [-0.2, 0) is 17.8 Å². The molecule has 2 aliphatic rings. The maximum Gasteiger partial charge on any atom is 0.338 e. The minimum Gasteiger partial charge on any atom is -0.459 e. The molecule has 1 aliphatic heterocycles. The highest BCUT2D eigenvalue weighted by atomic mass is 16.5. The van der Waals surface area contributed by atoms with Crippen molar-refractivity contribution in [2.45, 2.75) is 51.8 Å². The Balaban J connectivity index is 1.64. The number of hydrogen-bond acceptors (Lipinski definition) is 3. The SMILES string of the molecule is CC1CCC(OC(=O)c2ccc3c(c2)CNC3)CC1. The van der Waals surface area contributed by atoms with Crippen LogP contribution >= 0.6 is 0 Å². The quantitative estimate of drug-likeness (QED) is 0.830. The van der Waals surface area contributed by atoms with Crippen LogP contribution in [0.4, 0.5) is 0 Å². The van der Waals surface area contributed by atoms with Crippen molar-refractivity contribution in [3.05, 3.63) is 34.9 Å². The molecule has 0 radical (unpaired) electrons. The van der Waals surface area contributed by atoms with Crippen LogP contribution in [0, 0.1) is 5.92 Å². The van der Waals surface area contributed by atoms with Gasteiger partial charge in [-0.3, -0.25) is 0 Å². The summed E-state index contributed by atoms with van der Waals surface area (Å²) in [5.74, 6) is 0.621. The average molecular weight is 259 g/mol. The van der Waals surface area contributed by atoms with Gasteiger partial charge in [0.05, 0.1) is 5.56 Å². The van der Waals surface area contributed by atoms with Crippen LogP contribution in [0.1, 0.15) is 54.1 Å². The van der Waals surface area contributed by atoms with E-state index in [4.69, 9.17) is 4.74 Å². The van der Waals surface area contributed by atoms with Crippen LogP contribution in [0.15, 0.2) is 18.2 Å². The fraction of sp³-hybridized carbons (Fsp3) is 0.562. The molecule has 1 heterocycles. The molecular weight excluding hydrogens is 238 g/mol. The van der Waals surface area contributed by atoms with Crippen LogP contribution in [-0.4, -0.2) is 12.1 Å². The first kappa shape index (κ1) is 12.7. The van der Waals surface area contributed by atoms with Crippen LogP contribution < -0.4 is 5.32 Å². The fourth-order valence-electron chi connectivity index (χ4n) is 2.99. The number of benzene rings is 1. The maximum absolute atomic E-state index is 12.2. The van der Waals surface area contributed by atoms with Crippen LogP contribution in [0.2, 0.25) is 0 Å². The van der Waals surface area contributed by atoms with Gasteiger partial charge in [0.15, 0.2) is 0 Å². The van der Waals surface area contributed by atoms with Gasteiger partial charge in [0.25, 0.3) is 0 Å². The molecule has 0 aromatic heterocycles. The highest BCUT2D eigenvalue weighted by Crippen LogP contribution is 2.26. The predicted octanol–water partition coefficient (Wildman–Crippen LogP) is 3.03. The molecule has 0 unspecified atom stereocenters. The van der Waals surface area contributed by atoms with Gasteiger partial charge in [-0.2, -0.15) is 0 Å². The van der Waals surface area contributed by atoms with Crippen LogP contribution in [0.25, 0.3) is 0 Å². The van der Waals surface area contributed by atoms with E-state index < -0.39 is 0 Å². The predicted molar refractivity (Wildman–Crippen MR) is 73.8 cm³/mol. The molecule has 3 heteroatoms. The summed E-state index contributed by atoms with van der Waals surface area (Å²) in [6, 6.07) is 5.90. The molecule has 102 valence electrons. The molecule has 1 aromatic rings. The normalized spacial score (nSPS) is 25.9. The summed E-state index contributed by atoms with van der Waals surface area (Å²) in [7, 11) is 0. The number of carbonyl (C=O) groups excluding carboxylic acids is 1. The first-order valence-electron chi connectivity index (χ1n) is 7.26. The van der Waals surface area contributed by atoms with E-state index in [1.54, 1.807) is 0 Å². The molecule has 0 atom stereocenters. The van der Waals surface area contributed by atoms with E-state index in [1.807, 2.05) is 18.2 Å². The summed E-state index contributed by atoms with van der Waals surface area (Å²) >= 11 is 0. The largest absolute Gasteiger partial charge is 0.459 e. The van der Waals surface area contributed by atoms with Crippen molar-refractivity contribution in [3.8, 4) is 0 Å². The monoisotopic (exact) mass is 259 g/mol. The Labute approximate surface area is 114 Å². The summed E-state index contributed by atoms with van der Waals surface area (Å²) < 4.78 is 5.63. The first-order valence-corrected chi connectivity index (χ1v) is 7.26. The van der Waals surface area contributed by atoms with E-state index in [0.29, 0.717) is 5.56 Å². The maximum atomic E-state index is 12.2. The van der Waals surface area contributed by atoms with Crippen molar-refractivity contribution in [2.75, 3.05) is 0 Å². The smallest absolute Gasteiger partial charge is 0.338 e. The number of rotatable bonds is 2. The van der Waals surface area contributed by atoms with Gasteiger partial charge in [-0.05, 0) is 54.9 Å². The summed E-state index contributed by atoms with van der Waals surface area (Å²) in [5, 5.41) is 3.29. The van der Waals surface area contributed by atoms with Crippen molar-refractivity contribution in [3.63, 3.8) is 0 Å². The molecule has 1 saturated carbocycles. The third-order valence-corrected chi connectivity index (χ3v) is 4.31. The van der Waals surface area contributed by atoms with E-state index in [1.165, 1.54) is 24.0 Å². The van der Waals surface area contributed by atoms with Gasteiger partial charge in [-0.1, -0.05) is 13.0 Å². The molecule has 1 N–H and O–H groups in total. The highest BCUT2D eigenvalue weighted by Gasteiger charge is 2.22. The van der Waals surface area contributed by atoms with Crippen molar-refractivity contribution in [1.29, 1.82) is 0 Å². The van der Waals surface area contributed by atoms with Crippen LogP contribution in [0.3, 0.4) is 0 Å². The Morgan fingerprint density at radius 3 is 2.68 bits per heavy atom. The first-order chi connectivity index (χ1) is 9.22.